The van der Waals surface area contributed by atoms with E-state index in [0.29, 0.717) is 6.54 Å². The Labute approximate surface area is 93.3 Å². The number of nitrogens with zero attached hydrogens (tertiary/aromatic N) is 1. The van der Waals surface area contributed by atoms with Crippen molar-refractivity contribution in [3.8, 4) is 0 Å². The molecule has 0 bridgehead atoms. The third-order valence-corrected chi connectivity index (χ3v) is 2.39. The van der Waals surface area contributed by atoms with Crippen LogP contribution in [0.5, 0.6) is 0 Å². The van der Waals surface area contributed by atoms with Gasteiger partial charge in [-0.15, -0.1) is 6.58 Å². The van der Waals surface area contributed by atoms with E-state index >= 15 is 0 Å². The minimum atomic E-state index is -0.427. The highest BCUT2D eigenvalue weighted by Gasteiger charge is 2.30. The summed E-state index contributed by atoms with van der Waals surface area (Å²) >= 11 is 0. The molecule has 2 N–H and O–H groups in total. The van der Waals surface area contributed by atoms with Crippen molar-refractivity contribution in [1.29, 1.82) is 0 Å². The van der Waals surface area contributed by atoms with Crippen molar-refractivity contribution < 1.29 is 4.79 Å². The molecule has 0 radical (unpaired) electrons. The first-order valence-corrected chi connectivity index (χ1v) is 5.39. The fourth-order valence-corrected chi connectivity index (χ4v) is 1.29. The number of carbonyl (C=O) groups is 1. The smallest absolute Gasteiger partial charge is 0.240 e. The summed E-state index contributed by atoms with van der Waals surface area (Å²) in [5, 5.41) is 0. The van der Waals surface area contributed by atoms with E-state index in [1.54, 1.807) is 11.0 Å². The van der Waals surface area contributed by atoms with E-state index in [-0.39, 0.29) is 17.4 Å². The van der Waals surface area contributed by atoms with E-state index < -0.39 is 6.04 Å². The number of rotatable bonds is 4. The molecule has 0 aromatic rings. The van der Waals surface area contributed by atoms with Gasteiger partial charge in [-0.2, -0.15) is 0 Å². The predicted octanol–water partition coefficient (Wildman–Crippen LogP) is 1.78. The molecule has 1 atom stereocenters. The van der Waals surface area contributed by atoms with Gasteiger partial charge in [-0.25, -0.2) is 0 Å². The van der Waals surface area contributed by atoms with Crippen molar-refractivity contribution in [1.82, 2.24) is 4.90 Å². The van der Waals surface area contributed by atoms with Crippen molar-refractivity contribution in [3.63, 3.8) is 0 Å². The van der Waals surface area contributed by atoms with Crippen LogP contribution in [0.25, 0.3) is 0 Å². The van der Waals surface area contributed by atoms with Crippen LogP contribution in [-0.2, 0) is 4.79 Å². The first kappa shape index (κ1) is 14.2. The second kappa shape index (κ2) is 5.31. The minimum absolute atomic E-state index is 0.00241. The van der Waals surface area contributed by atoms with E-state index in [0.717, 1.165) is 0 Å². The second-order valence-corrected chi connectivity index (χ2v) is 5.18. The summed E-state index contributed by atoms with van der Waals surface area (Å²) in [6.45, 7) is 14.1. The molecule has 1 amide bonds. The molecule has 0 rings (SSSR count). The van der Waals surface area contributed by atoms with Crippen LogP contribution in [-0.4, -0.2) is 28.9 Å². The highest BCUT2D eigenvalue weighted by atomic mass is 16.2. The first-order chi connectivity index (χ1) is 6.71. The zero-order chi connectivity index (χ0) is 12.2. The molecule has 0 aliphatic heterocycles. The zero-order valence-corrected chi connectivity index (χ0v) is 10.6. The lowest BCUT2D eigenvalue weighted by atomic mass is 9.99. The van der Waals surface area contributed by atoms with Gasteiger partial charge in [0.2, 0.25) is 5.91 Å². The van der Waals surface area contributed by atoms with Crippen LogP contribution in [0.4, 0.5) is 0 Å². The molecule has 0 saturated carbocycles. The van der Waals surface area contributed by atoms with Crippen LogP contribution in [0.15, 0.2) is 12.7 Å². The van der Waals surface area contributed by atoms with Crippen LogP contribution in [0.2, 0.25) is 0 Å². The molecule has 3 heteroatoms. The molecule has 15 heavy (non-hydrogen) atoms. The quantitative estimate of drug-likeness (QED) is 0.722. The summed E-state index contributed by atoms with van der Waals surface area (Å²) in [4.78, 5) is 13.8. The second-order valence-electron chi connectivity index (χ2n) is 5.18. The third-order valence-electron chi connectivity index (χ3n) is 2.39. The van der Waals surface area contributed by atoms with Gasteiger partial charge in [-0.3, -0.25) is 4.79 Å². The lowest BCUT2D eigenvalue weighted by Gasteiger charge is -2.37. The Bertz CT molecular complexity index is 228. The molecule has 0 aliphatic rings. The van der Waals surface area contributed by atoms with E-state index in [1.807, 2.05) is 34.6 Å². The van der Waals surface area contributed by atoms with Crippen molar-refractivity contribution in [2.24, 2.45) is 11.7 Å². The number of hydrogen-bond donors (Lipinski definition) is 1. The maximum atomic E-state index is 12.1. The molecule has 0 saturated heterocycles. The van der Waals surface area contributed by atoms with Gasteiger partial charge in [0.25, 0.3) is 0 Å². The fraction of sp³-hybridized carbons (Fsp3) is 0.750. The molecule has 0 heterocycles. The van der Waals surface area contributed by atoms with Crippen LogP contribution < -0.4 is 5.73 Å². The van der Waals surface area contributed by atoms with E-state index in [2.05, 4.69) is 6.58 Å². The summed E-state index contributed by atoms with van der Waals surface area (Å²) in [5.41, 5.74) is 5.65. The van der Waals surface area contributed by atoms with Gasteiger partial charge in [0, 0.05) is 12.1 Å². The van der Waals surface area contributed by atoms with Gasteiger partial charge in [0.05, 0.1) is 6.04 Å². The average Bonchev–Trinajstić information content (AvgIpc) is 2.09. The number of hydrogen-bond acceptors (Lipinski definition) is 2. The largest absolute Gasteiger partial charge is 0.333 e. The normalized spacial score (nSPS) is 13.8. The highest BCUT2D eigenvalue weighted by Crippen LogP contribution is 2.16. The van der Waals surface area contributed by atoms with Crippen molar-refractivity contribution in [2.75, 3.05) is 6.54 Å². The lowest BCUT2D eigenvalue weighted by molar-refractivity contribution is -0.137. The topological polar surface area (TPSA) is 46.3 Å². The summed E-state index contributed by atoms with van der Waals surface area (Å²) in [7, 11) is 0. The van der Waals surface area contributed by atoms with Gasteiger partial charge >= 0.3 is 0 Å². The van der Waals surface area contributed by atoms with Gasteiger partial charge < -0.3 is 10.6 Å². The van der Waals surface area contributed by atoms with E-state index in [9.17, 15) is 4.79 Å². The molecule has 0 aromatic heterocycles. The number of carbonyl (C=O) groups excluding carboxylic acids is 1. The summed E-state index contributed by atoms with van der Waals surface area (Å²) in [5.74, 6) is 0.157. The van der Waals surface area contributed by atoms with Gasteiger partial charge in [-0.1, -0.05) is 19.9 Å². The standard InChI is InChI=1S/C12H24N2O/c1-7-8-14(12(4,5)6)11(15)10(13)9(2)3/h7,9-10H,1,8,13H2,2-6H3/t10-/m0/s1. The summed E-state index contributed by atoms with van der Waals surface area (Å²) < 4.78 is 0. The molecule has 0 fully saturated rings. The Hall–Kier alpha value is -0.830. The molecule has 0 unspecified atom stereocenters. The Morgan fingerprint density at radius 1 is 1.47 bits per heavy atom. The van der Waals surface area contributed by atoms with Crippen molar-refractivity contribution in [3.05, 3.63) is 12.7 Å². The molecule has 88 valence electrons. The Balaban J connectivity index is 4.78. The lowest BCUT2D eigenvalue weighted by Crippen LogP contribution is -2.53. The maximum absolute atomic E-state index is 12.1. The molecular formula is C12H24N2O. The van der Waals surface area contributed by atoms with E-state index in [1.165, 1.54) is 0 Å². The average molecular weight is 212 g/mol. The SMILES string of the molecule is C=CCN(C(=O)[C@@H](N)C(C)C)C(C)(C)C. The van der Waals surface area contributed by atoms with Gasteiger partial charge in [0.15, 0.2) is 0 Å². The third kappa shape index (κ3) is 4.04. The maximum Gasteiger partial charge on any atom is 0.240 e. The summed E-state index contributed by atoms with van der Waals surface area (Å²) in [6, 6.07) is -0.427. The van der Waals surface area contributed by atoms with E-state index in [4.69, 9.17) is 5.73 Å². The van der Waals surface area contributed by atoms with Crippen molar-refractivity contribution in [2.45, 2.75) is 46.2 Å². The minimum Gasteiger partial charge on any atom is -0.333 e. The monoisotopic (exact) mass is 212 g/mol. The molecule has 0 spiro atoms. The fourth-order valence-electron chi connectivity index (χ4n) is 1.29. The highest BCUT2D eigenvalue weighted by molar-refractivity contribution is 5.82. The van der Waals surface area contributed by atoms with Crippen LogP contribution in [0, 0.1) is 5.92 Å². The van der Waals surface area contributed by atoms with Crippen LogP contribution >= 0.6 is 0 Å². The van der Waals surface area contributed by atoms with Crippen LogP contribution in [0.1, 0.15) is 34.6 Å². The van der Waals surface area contributed by atoms with Gasteiger partial charge in [-0.05, 0) is 26.7 Å². The summed E-state index contributed by atoms with van der Waals surface area (Å²) in [6.07, 6.45) is 1.73. The van der Waals surface area contributed by atoms with Crippen LogP contribution in [0.3, 0.4) is 0 Å². The molecule has 3 nitrogen and oxygen atoms in total. The molecule has 0 aromatic carbocycles. The first-order valence-electron chi connectivity index (χ1n) is 5.39. The Morgan fingerprint density at radius 3 is 2.20 bits per heavy atom. The number of nitrogens with two attached hydrogens (primary N) is 1. The Morgan fingerprint density at radius 2 is 1.93 bits per heavy atom. The predicted molar refractivity (Wildman–Crippen MR) is 64.5 cm³/mol. The van der Waals surface area contributed by atoms with Crippen molar-refractivity contribution >= 4 is 5.91 Å². The Kier molecular flexibility index (Phi) is 5.01. The zero-order valence-electron chi connectivity index (χ0n) is 10.6. The van der Waals surface area contributed by atoms with Gasteiger partial charge in [0.1, 0.15) is 0 Å². The number of amides is 1. The molecular weight excluding hydrogens is 188 g/mol. The molecule has 0 aliphatic carbocycles.